The summed E-state index contributed by atoms with van der Waals surface area (Å²) in [4.78, 5) is 9.09. The second kappa shape index (κ2) is 9.07. The number of hydrogen-bond acceptors (Lipinski definition) is 3. The Balaban J connectivity index is 0. The number of amides is 1. The van der Waals surface area contributed by atoms with Crippen molar-refractivity contribution >= 4 is 35.3 Å². The number of carbonyl (C=O) groups excluding carboxylic acids is 1. The Hall–Kier alpha value is -0.930. The topological polar surface area (TPSA) is 78.3 Å². The molecule has 0 aliphatic carbocycles. The third-order valence-corrected chi connectivity index (χ3v) is 0.416. The molecule has 0 spiro atoms. The van der Waals surface area contributed by atoms with E-state index in [-0.39, 0.29) is 11.8 Å². The highest BCUT2D eigenvalue weighted by Gasteiger charge is 1.79. The minimum Gasteiger partial charge on any atom is -0.458 e. The average Bonchev–Trinajstić information content (AvgIpc) is 1.82. The third kappa shape index (κ3) is 48.1. The number of rotatable bonds is 1. The van der Waals surface area contributed by atoms with Crippen molar-refractivity contribution in [3.63, 3.8) is 0 Å². The number of hydrogen-bond donors (Lipinski definition) is 3. The smallest absolute Gasteiger partial charge is 0.273 e. The van der Waals surface area contributed by atoms with Crippen LogP contribution in [0.4, 0.5) is 4.79 Å². The van der Waals surface area contributed by atoms with Gasteiger partial charge in [0, 0.05) is 0 Å². The van der Waals surface area contributed by atoms with Crippen LogP contribution < -0.4 is 11.5 Å². The van der Waals surface area contributed by atoms with E-state index in [2.05, 4.69) is 41.2 Å². The van der Waals surface area contributed by atoms with Gasteiger partial charge in [-0.25, -0.2) is 0 Å². The SMILES string of the molecule is C#CCOC(N)=S.NC(=O)S. The Labute approximate surface area is 75.7 Å². The van der Waals surface area contributed by atoms with Crippen LogP contribution in [0.1, 0.15) is 0 Å². The molecule has 0 aromatic carbocycles. The summed E-state index contributed by atoms with van der Waals surface area (Å²) in [5.41, 5.74) is 9.23. The molecule has 4 N–H and O–H groups in total. The van der Waals surface area contributed by atoms with Crippen molar-refractivity contribution in [2.24, 2.45) is 11.5 Å². The Bertz CT molecular complexity index is 172. The lowest BCUT2D eigenvalue weighted by atomic mass is 10.8. The first kappa shape index (κ1) is 12.7. The van der Waals surface area contributed by atoms with Crippen LogP contribution in [0.3, 0.4) is 0 Å². The van der Waals surface area contributed by atoms with Crippen molar-refractivity contribution in [3.8, 4) is 12.3 Å². The Morgan fingerprint density at radius 2 is 2.09 bits per heavy atom. The molecule has 0 aliphatic heterocycles. The Morgan fingerprint density at radius 1 is 1.73 bits per heavy atom. The zero-order chi connectivity index (χ0) is 9.28. The van der Waals surface area contributed by atoms with Gasteiger partial charge in [0.1, 0.15) is 0 Å². The van der Waals surface area contributed by atoms with E-state index in [1.54, 1.807) is 0 Å². The van der Waals surface area contributed by atoms with Crippen LogP contribution in [-0.4, -0.2) is 17.0 Å². The van der Waals surface area contributed by atoms with Gasteiger partial charge in [0.15, 0.2) is 6.61 Å². The molecular weight excluding hydrogens is 184 g/mol. The lowest BCUT2D eigenvalue weighted by Crippen LogP contribution is -2.12. The number of thiocarbonyl (C=S) groups is 1. The first-order valence-electron chi connectivity index (χ1n) is 2.34. The molecule has 0 unspecified atom stereocenters. The standard InChI is InChI=1S/C4H5NOS.CH3NOS/c1-2-3-6-4(5)7;2-1(3)4/h1H,3H2,(H2,5,7);(H3,2,3,4). The second-order valence-corrected chi connectivity index (χ2v) is 1.99. The molecule has 0 fully saturated rings. The number of carbonyl (C=O) groups is 1. The van der Waals surface area contributed by atoms with Gasteiger partial charge in [0.25, 0.3) is 10.4 Å². The predicted octanol–water partition coefficient (Wildman–Crippen LogP) is -0.125. The largest absolute Gasteiger partial charge is 0.458 e. The molecule has 0 saturated carbocycles. The van der Waals surface area contributed by atoms with Crippen molar-refractivity contribution in [1.29, 1.82) is 0 Å². The highest BCUT2D eigenvalue weighted by molar-refractivity contribution is 7.96. The van der Waals surface area contributed by atoms with E-state index in [4.69, 9.17) is 17.0 Å². The fraction of sp³-hybridized carbons (Fsp3) is 0.200. The van der Waals surface area contributed by atoms with Crippen LogP contribution >= 0.6 is 24.8 Å². The normalized spacial score (nSPS) is 6.55. The van der Waals surface area contributed by atoms with Gasteiger partial charge >= 0.3 is 0 Å². The van der Waals surface area contributed by atoms with Gasteiger partial charge in [-0.3, -0.25) is 4.79 Å². The molecular formula is C5H8N2O2S2. The Kier molecular flexibility index (Phi) is 10.5. The summed E-state index contributed by atoms with van der Waals surface area (Å²) in [6, 6.07) is 0. The molecule has 6 heteroatoms. The monoisotopic (exact) mass is 192 g/mol. The second-order valence-electron chi connectivity index (χ2n) is 1.15. The number of primary amides is 1. The minimum atomic E-state index is -0.639. The van der Waals surface area contributed by atoms with Crippen molar-refractivity contribution in [2.75, 3.05) is 6.61 Å². The van der Waals surface area contributed by atoms with E-state index >= 15 is 0 Å². The summed E-state index contributed by atoms with van der Waals surface area (Å²) >= 11 is 7.43. The predicted molar refractivity (Wildman–Crippen MR) is 50.1 cm³/mol. The summed E-state index contributed by atoms with van der Waals surface area (Å²) in [6.45, 7) is 0.162. The molecule has 4 nitrogen and oxygen atoms in total. The molecule has 0 saturated heterocycles. The maximum absolute atomic E-state index is 9.09. The summed E-state index contributed by atoms with van der Waals surface area (Å²) in [6.07, 6.45) is 4.79. The fourth-order valence-electron chi connectivity index (χ4n) is 0.113. The zero-order valence-corrected chi connectivity index (χ0v) is 7.32. The minimum absolute atomic E-state index is 0.00190. The van der Waals surface area contributed by atoms with Crippen LogP contribution in [0.2, 0.25) is 0 Å². The number of ether oxygens (including phenoxy) is 1. The van der Waals surface area contributed by atoms with E-state index in [1.165, 1.54) is 0 Å². The maximum atomic E-state index is 9.09. The summed E-state index contributed by atoms with van der Waals surface area (Å²) in [7, 11) is 0. The van der Waals surface area contributed by atoms with Crippen LogP contribution in [-0.2, 0) is 4.74 Å². The summed E-state index contributed by atoms with van der Waals surface area (Å²) < 4.78 is 4.46. The van der Waals surface area contributed by atoms with Gasteiger partial charge in [-0.2, -0.15) is 0 Å². The van der Waals surface area contributed by atoms with Gasteiger partial charge in [0.05, 0.1) is 0 Å². The molecule has 1 amide bonds. The van der Waals surface area contributed by atoms with E-state index in [1.807, 2.05) is 0 Å². The van der Waals surface area contributed by atoms with E-state index in [0.29, 0.717) is 0 Å². The van der Waals surface area contributed by atoms with Crippen LogP contribution in [0, 0.1) is 12.3 Å². The first-order chi connectivity index (χ1) is 5.00. The van der Waals surface area contributed by atoms with E-state index in [0.717, 1.165) is 0 Å². The van der Waals surface area contributed by atoms with E-state index < -0.39 is 5.24 Å². The van der Waals surface area contributed by atoms with Crippen LogP contribution in [0.25, 0.3) is 0 Å². The lowest BCUT2D eigenvalue weighted by Gasteiger charge is -1.92. The summed E-state index contributed by atoms with van der Waals surface area (Å²) in [5, 5.41) is -0.641. The Morgan fingerprint density at radius 3 is 2.18 bits per heavy atom. The molecule has 0 radical (unpaired) electrons. The van der Waals surface area contributed by atoms with Gasteiger partial charge in [0.2, 0.25) is 0 Å². The highest BCUT2D eigenvalue weighted by atomic mass is 32.1. The molecule has 0 aromatic rings. The van der Waals surface area contributed by atoms with Gasteiger partial charge in [-0.1, -0.05) is 18.5 Å². The molecule has 0 aliphatic rings. The first-order valence-corrected chi connectivity index (χ1v) is 3.20. The van der Waals surface area contributed by atoms with Gasteiger partial charge in [-0.15, -0.1) is 6.42 Å². The summed E-state index contributed by atoms with van der Waals surface area (Å²) in [5.74, 6) is 2.21. The number of terminal acetylenes is 1. The highest BCUT2D eigenvalue weighted by Crippen LogP contribution is 1.68. The molecule has 0 bridgehead atoms. The zero-order valence-electron chi connectivity index (χ0n) is 5.61. The average molecular weight is 192 g/mol. The maximum Gasteiger partial charge on any atom is 0.273 e. The van der Waals surface area contributed by atoms with Crippen molar-refractivity contribution in [3.05, 3.63) is 0 Å². The fourth-order valence-corrected chi connectivity index (χ4v) is 0.172. The quantitative estimate of drug-likeness (QED) is 0.307. The number of nitrogens with two attached hydrogens (primary N) is 2. The molecule has 0 heterocycles. The van der Waals surface area contributed by atoms with Crippen molar-refractivity contribution in [1.82, 2.24) is 0 Å². The number of thiol groups is 1. The third-order valence-electron chi connectivity index (χ3n) is 0.298. The van der Waals surface area contributed by atoms with Crippen LogP contribution in [0.15, 0.2) is 0 Å². The van der Waals surface area contributed by atoms with Crippen molar-refractivity contribution < 1.29 is 9.53 Å². The van der Waals surface area contributed by atoms with Crippen LogP contribution in [0.5, 0.6) is 0 Å². The molecule has 0 rings (SSSR count). The molecule has 0 atom stereocenters. The molecule has 62 valence electrons. The lowest BCUT2D eigenvalue weighted by molar-refractivity contribution is 0.267. The van der Waals surface area contributed by atoms with Gasteiger partial charge < -0.3 is 16.2 Å². The van der Waals surface area contributed by atoms with Gasteiger partial charge in [-0.05, 0) is 12.2 Å². The van der Waals surface area contributed by atoms with E-state index in [9.17, 15) is 0 Å². The molecule has 11 heavy (non-hydrogen) atoms. The molecule has 0 aromatic heterocycles. The van der Waals surface area contributed by atoms with Crippen molar-refractivity contribution in [2.45, 2.75) is 0 Å².